The molecule has 2 aromatic rings. The first-order valence-corrected chi connectivity index (χ1v) is 6.98. The molecular formula is C17H19NO6. The zero-order chi connectivity index (χ0) is 17.9. The third kappa shape index (κ3) is 3.01. The fourth-order valence-electron chi connectivity index (χ4n) is 2.27. The Balaban J connectivity index is 2.57. The maximum Gasteiger partial charge on any atom is 0.200 e. The number of hydrogen-bond acceptors (Lipinski definition) is 7. The van der Waals surface area contributed by atoms with Gasteiger partial charge in [0.25, 0.3) is 0 Å². The van der Waals surface area contributed by atoms with E-state index in [4.69, 9.17) is 24.7 Å². The standard InChI is InChI=1S/C17H19NO6/c1-21-12-7-10(11(18)8-13(12)22-2)16(19)9-5-14(23-3)17(20)15(6-9)24-4/h5-8,20H,18H2,1-4H3. The molecule has 0 aliphatic carbocycles. The van der Waals surface area contributed by atoms with Crippen LogP contribution in [0.15, 0.2) is 24.3 Å². The Morgan fingerprint density at radius 2 is 1.29 bits per heavy atom. The number of rotatable bonds is 6. The van der Waals surface area contributed by atoms with Gasteiger partial charge in [0.05, 0.1) is 28.4 Å². The second-order valence-corrected chi connectivity index (χ2v) is 4.85. The van der Waals surface area contributed by atoms with Gasteiger partial charge in [0.2, 0.25) is 5.75 Å². The number of phenols is 1. The summed E-state index contributed by atoms with van der Waals surface area (Å²) in [6, 6.07) is 5.84. The van der Waals surface area contributed by atoms with E-state index in [1.807, 2.05) is 0 Å². The van der Waals surface area contributed by atoms with Crippen LogP contribution in [0.1, 0.15) is 15.9 Å². The second-order valence-electron chi connectivity index (χ2n) is 4.85. The van der Waals surface area contributed by atoms with Gasteiger partial charge < -0.3 is 29.8 Å². The van der Waals surface area contributed by atoms with Crippen LogP contribution in [0, 0.1) is 0 Å². The smallest absolute Gasteiger partial charge is 0.200 e. The van der Waals surface area contributed by atoms with Crippen molar-refractivity contribution in [1.82, 2.24) is 0 Å². The summed E-state index contributed by atoms with van der Waals surface area (Å²) in [5, 5.41) is 9.95. The average Bonchev–Trinajstić information content (AvgIpc) is 2.60. The summed E-state index contributed by atoms with van der Waals surface area (Å²) >= 11 is 0. The van der Waals surface area contributed by atoms with Crippen LogP contribution in [0.5, 0.6) is 28.7 Å². The maximum atomic E-state index is 12.8. The third-order valence-corrected chi connectivity index (χ3v) is 3.54. The van der Waals surface area contributed by atoms with Crippen LogP contribution in [0.3, 0.4) is 0 Å². The van der Waals surface area contributed by atoms with E-state index in [1.165, 1.54) is 52.7 Å². The van der Waals surface area contributed by atoms with Crippen molar-refractivity contribution >= 4 is 11.5 Å². The normalized spacial score (nSPS) is 10.2. The molecule has 0 amide bonds. The molecule has 0 radical (unpaired) electrons. The number of nitrogens with two attached hydrogens (primary N) is 1. The molecule has 7 heteroatoms. The topological polar surface area (TPSA) is 100 Å². The van der Waals surface area contributed by atoms with Crippen LogP contribution in [0.4, 0.5) is 5.69 Å². The third-order valence-electron chi connectivity index (χ3n) is 3.54. The fraction of sp³-hybridized carbons (Fsp3) is 0.235. The summed E-state index contributed by atoms with van der Waals surface area (Å²) in [6.07, 6.45) is 0. The molecule has 128 valence electrons. The quantitative estimate of drug-likeness (QED) is 0.617. The number of methoxy groups -OCH3 is 4. The highest BCUT2D eigenvalue weighted by Gasteiger charge is 2.20. The Labute approximate surface area is 139 Å². The zero-order valence-electron chi connectivity index (χ0n) is 13.9. The van der Waals surface area contributed by atoms with Gasteiger partial charge >= 0.3 is 0 Å². The highest BCUT2D eigenvalue weighted by Crippen LogP contribution is 2.39. The number of phenolic OH excluding ortho intramolecular Hbond substituents is 1. The van der Waals surface area contributed by atoms with E-state index in [9.17, 15) is 9.90 Å². The number of aromatic hydroxyl groups is 1. The van der Waals surface area contributed by atoms with Crippen molar-refractivity contribution in [3.05, 3.63) is 35.4 Å². The Morgan fingerprint density at radius 1 is 0.833 bits per heavy atom. The molecule has 0 spiro atoms. The van der Waals surface area contributed by atoms with Crippen molar-refractivity contribution in [2.45, 2.75) is 0 Å². The van der Waals surface area contributed by atoms with Crippen LogP contribution in [-0.4, -0.2) is 39.3 Å². The zero-order valence-corrected chi connectivity index (χ0v) is 13.9. The molecule has 0 aliphatic heterocycles. The van der Waals surface area contributed by atoms with Gasteiger partial charge in [-0.3, -0.25) is 4.79 Å². The molecule has 0 atom stereocenters. The monoisotopic (exact) mass is 333 g/mol. The van der Waals surface area contributed by atoms with Crippen molar-refractivity contribution in [1.29, 1.82) is 0 Å². The predicted molar refractivity (Wildman–Crippen MR) is 88.6 cm³/mol. The van der Waals surface area contributed by atoms with Crippen LogP contribution in [0.25, 0.3) is 0 Å². The van der Waals surface area contributed by atoms with Gasteiger partial charge in [-0.1, -0.05) is 0 Å². The van der Waals surface area contributed by atoms with Crippen LogP contribution in [0.2, 0.25) is 0 Å². The molecule has 0 aromatic heterocycles. The molecular weight excluding hydrogens is 314 g/mol. The molecule has 0 saturated heterocycles. The van der Waals surface area contributed by atoms with Gasteiger partial charge in [-0.15, -0.1) is 0 Å². The van der Waals surface area contributed by atoms with E-state index in [0.29, 0.717) is 11.5 Å². The fourth-order valence-corrected chi connectivity index (χ4v) is 2.27. The average molecular weight is 333 g/mol. The maximum absolute atomic E-state index is 12.8. The highest BCUT2D eigenvalue weighted by molar-refractivity contribution is 6.13. The summed E-state index contributed by atoms with van der Waals surface area (Å²) in [5.74, 6) is 0.496. The van der Waals surface area contributed by atoms with Crippen LogP contribution < -0.4 is 24.7 Å². The Morgan fingerprint density at radius 3 is 1.75 bits per heavy atom. The van der Waals surface area contributed by atoms with Crippen molar-refractivity contribution < 1.29 is 28.8 Å². The molecule has 2 rings (SSSR count). The van der Waals surface area contributed by atoms with Gasteiger partial charge in [-0.25, -0.2) is 0 Å². The van der Waals surface area contributed by atoms with Gasteiger partial charge in [0, 0.05) is 22.9 Å². The number of nitrogen functional groups attached to an aromatic ring is 1. The largest absolute Gasteiger partial charge is 0.502 e. The first kappa shape index (κ1) is 17.3. The van der Waals surface area contributed by atoms with E-state index < -0.39 is 0 Å². The molecule has 0 unspecified atom stereocenters. The number of anilines is 1. The van der Waals surface area contributed by atoms with Gasteiger partial charge in [-0.2, -0.15) is 0 Å². The first-order chi connectivity index (χ1) is 11.5. The summed E-state index contributed by atoms with van der Waals surface area (Å²) in [5.41, 5.74) is 6.69. The minimum absolute atomic E-state index is 0.122. The molecule has 0 heterocycles. The highest BCUT2D eigenvalue weighted by atomic mass is 16.5. The predicted octanol–water partition coefficient (Wildman–Crippen LogP) is 2.24. The number of benzene rings is 2. The van der Waals surface area contributed by atoms with Crippen molar-refractivity contribution in [2.75, 3.05) is 34.2 Å². The number of ether oxygens (including phenoxy) is 4. The molecule has 7 nitrogen and oxygen atoms in total. The molecule has 0 bridgehead atoms. The molecule has 3 N–H and O–H groups in total. The lowest BCUT2D eigenvalue weighted by Gasteiger charge is -2.14. The van der Waals surface area contributed by atoms with Crippen LogP contribution in [-0.2, 0) is 0 Å². The Kier molecular flexibility index (Phi) is 5.03. The Hall–Kier alpha value is -3.09. The van der Waals surface area contributed by atoms with E-state index in [0.717, 1.165) is 0 Å². The van der Waals surface area contributed by atoms with Crippen LogP contribution >= 0.6 is 0 Å². The minimum Gasteiger partial charge on any atom is -0.502 e. The molecule has 2 aromatic carbocycles. The number of hydrogen-bond donors (Lipinski definition) is 2. The molecule has 0 saturated carbocycles. The lowest BCUT2D eigenvalue weighted by molar-refractivity contribution is 0.103. The minimum atomic E-state index is -0.370. The summed E-state index contributed by atoms with van der Waals surface area (Å²) in [7, 11) is 5.71. The molecule has 0 aliphatic rings. The van der Waals surface area contributed by atoms with Crippen molar-refractivity contribution in [2.24, 2.45) is 0 Å². The van der Waals surface area contributed by atoms with E-state index >= 15 is 0 Å². The summed E-state index contributed by atoms with van der Waals surface area (Å²) < 4.78 is 20.5. The molecule has 0 fully saturated rings. The van der Waals surface area contributed by atoms with E-state index in [1.54, 1.807) is 0 Å². The van der Waals surface area contributed by atoms with Crippen molar-refractivity contribution in [3.63, 3.8) is 0 Å². The Bertz CT molecular complexity index is 747. The SMILES string of the molecule is COc1cc(N)c(C(=O)c2cc(OC)c(O)c(OC)c2)cc1OC. The summed E-state index contributed by atoms with van der Waals surface area (Å²) in [6.45, 7) is 0. The molecule has 24 heavy (non-hydrogen) atoms. The summed E-state index contributed by atoms with van der Waals surface area (Å²) in [4.78, 5) is 12.8. The van der Waals surface area contributed by atoms with Gasteiger partial charge in [0.15, 0.2) is 28.8 Å². The van der Waals surface area contributed by atoms with Gasteiger partial charge in [-0.05, 0) is 18.2 Å². The first-order valence-electron chi connectivity index (χ1n) is 6.98. The number of carbonyl (C=O) groups is 1. The van der Waals surface area contributed by atoms with E-state index in [2.05, 4.69) is 0 Å². The van der Waals surface area contributed by atoms with Gasteiger partial charge in [0.1, 0.15) is 0 Å². The number of carbonyl (C=O) groups excluding carboxylic acids is 1. The lowest BCUT2D eigenvalue weighted by Crippen LogP contribution is -2.07. The second kappa shape index (κ2) is 6.99. The lowest BCUT2D eigenvalue weighted by atomic mass is 10.00. The van der Waals surface area contributed by atoms with Crippen molar-refractivity contribution in [3.8, 4) is 28.7 Å². The van der Waals surface area contributed by atoms with E-state index in [-0.39, 0.29) is 39.8 Å². The number of ketones is 1.